The molecular formula is C20H26N4O6S2. The molecule has 1 aromatic heterocycles. The van der Waals surface area contributed by atoms with Crippen molar-refractivity contribution in [3.63, 3.8) is 0 Å². The number of rotatable bonds is 5. The van der Waals surface area contributed by atoms with Crippen LogP contribution in [0.4, 0.5) is 0 Å². The topological polar surface area (TPSA) is 119 Å². The van der Waals surface area contributed by atoms with Crippen molar-refractivity contribution in [2.45, 2.75) is 36.5 Å². The van der Waals surface area contributed by atoms with Gasteiger partial charge in [0.1, 0.15) is 4.90 Å². The maximum Gasteiger partial charge on any atom is 0.278 e. The SMILES string of the molecule is Cc1nn(C(=O)c2cccc(S(=O)(=O)N3CCOCC3)c2)c(C)c1S(=O)(=O)N1CCCC1. The van der Waals surface area contributed by atoms with E-state index in [0.717, 1.165) is 17.5 Å². The molecule has 4 rings (SSSR count). The quantitative estimate of drug-likeness (QED) is 0.623. The number of carbonyl (C=O) groups is 1. The number of carbonyl (C=O) groups excluding carboxylic acids is 1. The van der Waals surface area contributed by atoms with Gasteiger partial charge in [-0.25, -0.2) is 16.8 Å². The van der Waals surface area contributed by atoms with E-state index in [2.05, 4.69) is 5.10 Å². The fraction of sp³-hybridized carbons (Fsp3) is 0.500. The first-order valence-corrected chi connectivity index (χ1v) is 13.3. The van der Waals surface area contributed by atoms with Gasteiger partial charge in [0.2, 0.25) is 20.0 Å². The summed E-state index contributed by atoms with van der Waals surface area (Å²) in [5.74, 6) is -0.590. The summed E-state index contributed by atoms with van der Waals surface area (Å²) in [5.41, 5.74) is 0.552. The standard InChI is InChI=1S/C20H26N4O6S2/c1-15-19(32(28,29)22-8-3-4-9-22)16(2)24(21-15)20(25)17-6-5-7-18(14-17)31(26,27)23-10-12-30-13-11-23/h5-7,14H,3-4,8-13H2,1-2H3. The van der Waals surface area contributed by atoms with E-state index in [-0.39, 0.29) is 39.8 Å². The number of ether oxygens (including phenoxy) is 1. The number of morpholine rings is 1. The van der Waals surface area contributed by atoms with Crippen molar-refractivity contribution >= 4 is 26.0 Å². The Labute approximate surface area is 187 Å². The third-order valence-electron chi connectivity index (χ3n) is 5.77. The van der Waals surface area contributed by atoms with E-state index in [1.807, 2.05) is 0 Å². The Morgan fingerprint density at radius 2 is 1.56 bits per heavy atom. The Morgan fingerprint density at radius 3 is 2.22 bits per heavy atom. The van der Waals surface area contributed by atoms with E-state index in [0.29, 0.717) is 26.3 Å². The summed E-state index contributed by atoms with van der Waals surface area (Å²) >= 11 is 0. The van der Waals surface area contributed by atoms with E-state index in [9.17, 15) is 21.6 Å². The second kappa shape index (κ2) is 8.67. The van der Waals surface area contributed by atoms with Crippen LogP contribution in [0.25, 0.3) is 0 Å². The van der Waals surface area contributed by atoms with E-state index in [1.165, 1.54) is 39.8 Å². The highest BCUT2D eigenvalue weighted by molar-refractivity contribution is 7.89. The van der Waals surface area contributed by atoms with Crippen LogP contribution >= 0.6 is 0 Å². The lowest BCUT2D eigenvalue weighted by atomic mass is 10.2. The summed E-state index contributed by atoms with van der Waals surface area (Å²) in [6, 6.07) is 5.73. The number of nitrogens with zero attached hydrogens (tertiary/aromatic N) is 4. The van der Waals surface area contributed by atoms with Gasteiger partial charge < -0.3 is 4.74 Å². The van der Waals surface area contributed by atoms with Crippen molar-refractivity contribution in [1.82, 2.24) is 18.4 Å². The minimum atomic E-state index is -3.78. The fourth-order valence-electron chi connectivity index (χ4n) is 4.10. The zero-order chi connectivity index (χ0) is 23.1. The monoisotopic (exact) mass is 482 g/mol. The summed E-state index contributed by atoms with van der Waals surface area (Å²) in [7, 11) is -7.54. The van der Waals surface area contributed by atoms with Crippen LogP contribution < -0.4 is 0 Å². The van der Waals surface area contributed by atoms with Crippen LogP contribution in [0, 0.1) is 13.8 Å². The van der Waals surface area contributed by atoms with Gasteiger partial charge in [0.05, 0.1) is 29.5 Å². The normalized spacial score (nSPS) is 18.8. The van der Waals surface area contributed by atoms with Gasteiger partial charge in [0, 0.05) is 31.7 Å². The van der Waals surface area contributed by atoms with Gasteiger partial charge in [-0.05, 0) is 44.9 Å². The summed E-state index contributed by atoms with van der Waals surface area (Å²) in [6.07, 6.45) is 1.60. The van der Waals surface area contributed by atoms with Crippen molar-refractivity contribution in [2.75, 3.05) is 39.4 Å². The smallest absolute Gasteiger partial charge is 0.278 e. The first-order chi connectivity index (χ1) is 15.1. The summed E-state index contributed by atoms with van der Waals surface area (Å²) < 4.78 is 61.1. The molecule has 0 aliphatic carbocycles. The van der Waals surface area contributed by atoms with E-state index in [1.54, 1.807) is 6.92 Å². The molecular weight excluding hydrogens is 456 g/mol. The molecule has 174 valence electrons. The molecule has 0 saturated carbocycles. The molecule has 2 aliphatic rings. The third kappa shape index (κ3) is 4.01. The summed E-state index contributed by atoms with van der Waals surface area (Å²) in [4.78, 5) is 13.2. The van der Waals surface area contributed by atoms with Crippen molar-refractivity contribution < 1.29 is 26.4 Å². The molecule has 32 heavy (non-hydrogen) atoms. The number of sulfonamides is 2. The summed E-state index contributed by atoms with van der Waals surface area (Å²) in [6.45, 7) is 5.11. The van der Waals surface area contributed by atoms with Crippen LogP contribution in [-0.2, 0) is 24.8 Å². The van der Waals surface area contributed by atoms with Gasteiger partial charge in [-0.2, -0.15) is 18.4 Å². The number of aryl methyl sites for hydroxylation is 1. The minimum absolute atomic E-state index is 0.00306. The Morgan fingerprint density at radius 1 is 0.938 bits per heavy atom. The molecule has 0 atom stereocenters. The van der Waals surface area contributed by atoms with Crippen LogP contribution in [-0.4, -0.2) is 80.5 Å². The van der Waals surface area contributed by atoms with Gasteiger partial charge >= 0.3 is 0 Å². The Bertz CT molecular complexity index is 1240. The molecule has 2 saturated heterocycles. The number of aromatic nitrogens is 2. The zero-order valence-corrected chi connectivity index (χ0v) is 19.7. The van der Waals surface area contributed by atoms with Crippen molar-refractivity contribution in [3.05, 3.63) is 41.2 Å². The average Bonchev–Trinajstić information content (AvgIpc) is 3.43. The molecule has 0 spiro atoms. The van der Waals surface area contributed by atoms with Gasteiger partial charge in [-0.1, -0.05) is 6.07 Å². The lowest BCUT2D eigenvalue weighted by Gasteiger charge is -2.26. The molecule has 0 radical (unpaired) electrons. The molecule has 12 heteroatoms. The Balaban J connectivity index is 1.68. The molecule has 0 unspecified atom stereocenters. The third-order valence-corrected chi connectivity index (χ3v) is 9.82. The molecule has 0 N–H and O–H groups in total. The number of hydrogen-bond donors (Lipinski definition) is 0. The van der Waals surface area contributed by atoms with E-state index < -0.39 is 26.0 Å². The lowest BCUT2D eigenvalue weighted by Crippen LogP contribution is -2.40. The molecule has 1 aromatic carbocycles. The lowest BCUT2D eigenvalue weighted by molar-refractivity contribution is 0.0730. The van der Waals surface area contributed by atoms with Crippen molar-refractivity contribution in [1.29, 1.82) is 0 Å². The largest absolute Gasteiger partial charge is 0.379 e. The van der Waals surface area contributed by atoms with Crippen LogP contribution in [0.2, 0.25) is 0 Å². The highest BCUT2D eigenvalue weighted by atomic mass is 32.2. The molecule has 2 aromatic rings. The zero-order valence-electron chi connectivity index (χ0n) is 18.0. The maximum atomic E-state index is 13.2. The van der Waals surface area contributed by atoms with Gasteiger partial charge in [0.25, 0.3) is 5.91 Å². The number of benzene rings is 1. The highest BCUT2D eigenvalue weighted by Gasteiger charge is 2.34. The first-order valence-electron chi connectivity index (χ1n) is 10.4. The van der Waals surface area contributed by atoms with Gasteiger partial charge in [-0.3, -0.25) is 4.79 Å². The fourth-order valence-corrected chi connectivity index (χ4v) is 7.43. The van der Waals surface area contributed by atoms with Gasteiger partial charge in [-0.15, -0.1) is 0 Å². The Hall–Kier alpha value is -2.12. The van der Waals surface area contributed by atoms with Crippen LogP contribution in [0.15, 0.2) is 34.1 Å². The predicted molar refractivity (Wildman–Crippen MR) is 115 cm³/mol. The first kappa shape index (κ1) is 23.1. The Kier molecular flexibility index (Phi) is 6.25. The van der Waals surface area contributed by atoms with Gasteiger partial charge in [0.15, 0.2) is 0 Å². The van der Waals surface area contributed by atoms with Crippen molar-refractivity contribution in [3.8, 4) is 0 Å². The minimum Gasteiger partial charge on any atom is -0.379 e. The average molecular weight is 483 g/mol. The second-order valence-corrected chi connectivity index (χ2v) is 11.7. The molecule has 0 bridgehead atoms. The summed E-state index contributed by atoms with van der Waals surface area (Å²) in [5, 5.41) is 4.19. The maximum absolute atomic E-state index is 13.2. The highest BCUT2D eigenvalue weighted by Crippen LogP contribution is 2.27. The van der Waals surface area contributed by atoms with E-state index >= 15 is 0 Å². The molecule has 3 heterocycles. The van der Waals surface area contributed by atoms with Crippen LogP contribution in [0.5, 0.6) is 0 Å². The number of hydrogen-bond acceptors (Lipinski definition) is 7. The second-order valence-electron chi connectivity index (χ2n) is 7.87. The van der Waals surface area contributed by atoms with Crippen LogP contribution in [0.3, 0.4) is 0 Å². The predicted octanol–water partition coefficient (Wildman–Crippen LogP) is 0.994. The van der Waals surface area contributed by atoms with Crippen LogP contribution in [0.1, 0.15) is 34.6 Å². The molecule has 2 fully saturated rings. The van der Waals surface area contributed by atoms with Crippen molar-refractivity contribution in [2.24, 2.45) is 0 Å². The molecule has 0 amide bonds. The molecule has 2 aliphatic heterocycles. The van der Waals surface area contributed by atoms with E-state index in [4.69, 9.17) is 4.74 Å². The molecule has 10 nitrogen and oxygen atoms in total.